The van der Waals surface area contributed by atoms with E-state index in [4.69, 9.17) is 16.3 Å². The average Bonchev–Trinajstić information content (AvgIpc) is 2.83. The fourth-order valence-electron chi connectivity index (χ4n) is 3.52. The first-order chi connectivity index (χ1) is 13.9. The molecule has 154 valence electrons. The van der Waals surface area contributed by atoms with Gasteiger partial charge in [0.05, 0.1) is 13.5 Å². The lowest BCUT2D eigenvalue weighted by molar-refractivity contribution is -0.131. The molecule has 0 bridgehead atoms. The Balaban J connectivity index is 1.55. The van der Waals surface area contributed by atoms with Gasteiger partial charge in [0.15, 0.2) is 0 Å². The standard InChI is InChI=1S/C22H24ClFN2O3/c1-29-20-4-2-3-15(11-20)14-26-8-7-19(5-6-22(26)28)25-21(27)12-16-9-17(23)13-18(24)10-16/h2-4,9-11,13,19H,5-8,12,14H2,1H3,(H,25,27). The zero-order chi connectivity index (χ0) is 20.8. The van der Waals surface area contributed by atoms with Crippen LogP contribution < -0.4 is 10.1 Å². The summed E-state index contributed by atoms with van der Waals surface area (Å²) in [6.07, 6.45) is 1.69. The third-order valence-corrected chi connectivity index (χ3v) is 5.18. The second-order valence-electron chi connectivity index (χ2n) is 7.21. The van der Waals surface area contributed by atoms with E-state index < -0.39 is 5.82 Å². The highest BCUT2D eigenvalue weighted by Gasteiger charge is 2.23. The minimum absolute atomic E-state index is 0.0510. The fourth-order valence-corrected chi connectivity index (χ4v) is 3.76. The summed E-state index contributed by atoms with van der Waals surface area (Å²) >= 11 is 5.84. The zero-order valence-electron chi connectivity index (χ0n) is 16.3. The number of amides is 2. The van der Waals surface area contributed by atoms with Gasteiger partial charge in [-0.1, -0.05) is 23.7 Å². The van der Waals surface area contributed by atoms with Crippen LogP contribution in [0, 0.1) is 5.82 Å². The van der Waals surface area contributed by atoms with E-state index in [1.807, 2.05) is 29.2 Å². The maximum atomic E-state index is 13.4. The zero-order valence-corrected chi connectivity index (χ0v) is 17.0. The van der Waals surface area contributed by atoms with Gasteiger partial charge in [0, 0.05) is 30.6 Å². The summed E-state index contributed by atoms with van der Waals surface area (Å²) in [5.41, 5.74) is 1.53. The number of carbonyl (C=O) groups is 2. The van der Waals surface area contributed by atoms with Gasteiger partial charge in [0.2, 0.25) is 11.8 Å². The Kier molecular flexibility index (Phi) is 7.09. The van der Waals surface area contributed by atoms with Crippen molar-refractivity contribution >= 4 is 23.4 Å². The van der Waals surface area contributed by atoms with Crippen molar-refractivity contribution < 1.29 is 18.7 Å². The summed E-state index contributed by atoms with van der Waals surface area (Å²) in [5.74, 6) is 0.160. The first kappa shape index (κ1) is 21.1. The van der Waals surface area contributed by atoms with Crippen LogP contribution in [0.25, 0.3) is 0 Å². The van der Waals surface area contributed by atoms with Crippen LogP contribution in [0.5, 0.6) is 5.75 Å². The molecule has 3 rings (SSSR count). The van der Waals surface area contributed by atoms with Gasteiger partial charge in [-0.2, -0.15) is 0 Å². The summed E-state index contributed by atoms with van der Waals surface area (Å²) in [5, 5.41) is 3.23. The molecule has 7 heteroatoms. The van der Waals surface area contributed by atoms with E-state index in [1.165, 1.54) is 12.1 Å². The van der Waals surface area contributed by atoms with E-state index in [9.17, 15) is 14.0 Å². The number of halogens is 2. The van der Waals surface area contributed by atoms with Crippen molar-refractivity contribution in [2.75, 3.05) is 13.7 Å². The molecular formula is C22H24ClFN2O3. The minimum atomic E-state index is -0.464. The third-order valence-electron chi connectivity index (χ3n) is 4.97. The van der Waals surface area contributed by atoms with Gasteiger partial charge in [-0.05, 0) is 54.3 Å². The van der Waals surface area contributed by atoms with Gasteiger partial charge in [-0.3, -0.25) is 9.59 Å². The van der Waals surface area contributed by atoms with Crippen molar-refractivity contribution in [3.05, 3.63) is 64.4 Å². The normalized spacial score (nSPS) is 17.0. The third kappa shape index (κ3) is 6.19. The summed E-state index contributed by atoms with van der Waals surface area (Å²) in [4.78, 5) is 26.7. The van der Waals surface area contributed by atoms with Crippen LogP contribution in [0.4, 0.5) is 4.39 Å². The quantitative estimate of drug-likeness (QED) is 0.777. The first-order valence-corrected chi connectivity index (χ1v) is 9.96. The molecule has 0 aromatic heterocycles. The summed E-state index contributed by atoms with van der Waals surface area (Å²) in [6.45, 7) is 1.07. The smallest absolute Gasteiger partial charge is 0.224 e. The van der Waals surface area contributed by atoms with E-state index in [0.29, 0.717) is 37.9 Å². The van der Waals surface area contributed by atoms with Crippen molar-refractivity contribution in [2.24, 2.45) is 0 Å². The van der Waals surface area contributed by atoms with E-state index >= 15 is 0 Å². The number of benzene rings is 2. The average molecular weight is 419 g/mol. The molecule has 1 aliphatic rings. The number of rotatable bonds is 6. The van der Waals surface area contributed by atoms with Crippen LogP contribution in [0.3, 0.4) is 0 Å². The summed E-state index contributed by atoms with van der Waals surface area (Å²) in [6, 6.07) is 11.6. The van der Waals surface area contributed by atoms with E-state index in [1.54, 1.807) is 13.2 Å². The predicted octanol–water partition coefficient (Wildman–Crippen LogP) is 3.73. The molecule has 1 fully saturated rings. The monoisotopic (exact) mass is 418 g/mol. The van der Waals surface area contributed by atoms with Crippen molar-refractivity contribution in [3.63, 3.8) is 0 Å². The van der Waals surface area contributed by atoms with Gasteiger partial charge < -0.3 is 15.0 Å². The molecule has 2 aromatic carbocycles. The number of ether oxygens (including phenoxy) is 1. The molecule has 29 heavy (non-hydrogen) atoms. The fraction of sp³-hybridized carbons (Fsp3) is 0.364. The molecule has 1 aliphatic heterocycles. The molecule has 0 aliphatic carbocycles. The van der Waals surface area contributed by atoms with Gasteiger partial charge in [0.25, 0.3) is 0 Å². The Labute approximate surface area is 174 Å². The number of hydrogen-bond acceptors (Lipinski definition) is 3. The number of hydrogen-bond donors (Lipinski definition) is 1. The molecule has 0 saturated carbocycles. The van der Waals surface area contributed by atoms with Crippen LogP contribution in [-0.4, -0.2) is 36.4 Å². The van der Waals surface area contributed by atoms with Gasteiger partial charge in [0.1, 0.15) is 11.6 Å². The Bertz CT molecular complexity index is 870. The molecular weight excluding hydrogens is 395 g/mol. The van der Waals surface area contributed by atoms with Gasteiger partial charge >= 0.3 is 0 Å². The molecule has 5 nitrogen and oxygen atoms in total. The molecule has 0 spiro atoms. The van der Waals surface area contributed by atoms with Gasteiger partial charge in [-0.15, -0.1) is 0 Å². The largest absolute Gasteiger partial charge is 0.497 e. The maximum absolute atomic E-state index is 13.4. The number of likely N-dealkylation sites (tertiary alicyclic amines) is 1. The van der Waals surface area contributed by atoms with Crippen LogP contribution >= 0.6 is 11.6 Å². The lowest BCUT2D eigenvalue weighted by atomic mass is 10.1. The lowest BCUT2D eigenvalue weighted by Crippen LogP contribution is -2.36. The molecule has 0 radical (unpaired) electrons. The second kappa shape index (κ2) is 9.74. The molecule has 1 heterocycles. The van der Waals surface area contributed by atoms with Crippen molar-refractivity contribution in [3.8, 4) is 5.75 Å². The maximum Gasteiger partial charge on any atom is 0.224 e. The molecule has 2 amide bonds. The molecule has 1 atom stereocenters. The Morgan fingerprint density at radius 3 is 2.83 bits per heavy atom. The predicted molar refractivity (Wildman–Crippen MR) is 109 cm³/mol. The highest BCUT2D eigenvalue weighted by atomic mass is 35.5. The number of carbonyl (C=O) groups excluding carboxylic acids is 2. The van der Waals surface area contributed by atoms with Crippen LogP contribution in [0.2, 0.25) is 5.02 Å². The van der Waals surface area contributed by atoms with E-state index in [2.05, 4.69) is 5.32 Å². The topological polar surface area (TPSA) is 58.6 Å². The Morgan fingerprint density at radius 1 is 1.24 bits per heavy atom. The SMILES string of the molecule is COc1cccc(CN2CCC(NC(=O)Cc3cc(F)cc(Cl)c3)CCC2=O)c1. The van der Waals surface area contributed by atoms with Crippen molar-refractivity contribution in [1.82, 2.24) is 10.2 Å². The van der Waals surface area contributed by atoms with Gasteiger partial charge in [-0.25, -0.2) is 4.39 Å². The Morgan fingerprint density at radius 2 is 2.07 bits per heavy atom. The molecule has 1 saturated heterocycles. The highest BCUT2D eigenvalue weighted by molar-refractivity contribution is 6.30. The summed E-state index contributed by atoms with van der Waals surface area (Å²) in [7, 11) is 1.61. The van der Waals surface area contributed by atoms with Crippen molar-refractivity contribution in [2.45, 2.75) is 38.3 Å². The first-order valence-electron chi connectivity index (χ1n) is 9.58. The van der Waals surface area contributed by atoms with Crippen LogP contribution in [0.1, 0.15) is 30.4 Å². The number of nitrogens with zero attached hydrogens (tertiary/aromatic N) is 1. The van der Waals surface area contributed by atoms with Crippen LogP contribution in [-0.2, 0) is 22.6 Å². The van der Waals surface area contributed by atoms with E-state index in [0.717, 1.165) is 11.3 Å². The molecule has 2 aromatic rings. The summed E-state index contributed by atoms with van der Waals surface area (Å²) < 4.78 is 18.7. The number of nitrogens with one attached hydrogen (secondary N) is 1. The highest BCUT2D eigenvalue weighted by Crippen LogP contribution is 2.19. The van der Waals surface area contributed by atoms with E-state index in [-0.39, 0.29) is 29.3 Å². The molecule has 1 N–H and O–H groups in total. The lowest BCUT2D eigenvalue weighted by Gasteiger charge is -2.21. The minimum Gasteiger partial charge on any atom is -0.497 e. The second-order valence-corrected chi connectivity index (χ2v) is 7.65. The van der Waals surface area contributed by atoms with Crippen LogP contribution in [0.15, 0.2) is 42.5 Å². The molecule has 1 unspecified atom stereocenters. The Hall–Kier alpha value is -2.60. The number of methoxy groups -OCH3 is 1. The van der Waals surface area contributed by atoms with Crippen molar-refractivity contribution in [1.29, 1.82) is 0 Å².